The van der Waals surface area contributed by atoms with Gasteiger partial charge in [-0.3, -0.25) is 9.59 Å². The number of amides is 2. The summed E-state index contributed by atoms with van der Waals surface area (Å²) >= 11 is 0. The fraction of sp³-hybridized carbons (Fsp3) is 0.370. The molecular formula is C27H33N3O5. The number of hydrogen-bond donors (Lipinski definition) is 1. The summed E-state index contributed by atoms with van der Waals surface area (Å²) in [5.74, 6) is -0.364. The van der Waals surface area contributed by atoms with Crippen molar-refractivity contribution in [2.75, 3.05) is 35.3 Å². The molecule has 8 nitrogen and oxygen atoms in total. The molecule has 0 saturated heterocycles. The van der Waals surface area contributed by atoms with E-state index in [1.807, 2.05) is 12.3 Å². The molecular weight excluding hydrogens is 446 g/mol. The zero-order valence-corrected chi connectivity index (χ0v) is 21.0. The summed E-state index contributed by atoms with van der Waals surface area (Å²) in [4.78, 5) is 38.8. The number of fused-ring (bicyclic) bond motifs is 1. The van der Waals surface area contributed by atoms with Crippen LogP contribution in [0, 0.1) is 0 Å². The number of carboxylic acids is 1. The Morgan fingerprint density at radius 3 is 2.14 bits per heavy atom. The first-order valence-corrected chi connectivity index (χ1v) is 11.5. The van der Waals surface area contributed by atoms with Crippen molar-refractivity contribution in [2.24, 2.45) is 0 Å². The number of carbonyl (C=O) groups is 3. The summed E-state index contributed by atoms with van der Waals surface area (Å²) in [7, 11) is 8.53. The Bertz CT molecular complexity index is 1240. The van der Waals surface area contributed by atoms with E-state index in [9.17, 15) is 19.5 Å². The molecule has 0 unspecified atom stereocenters. The van der Waals surface area contributed by atoms with Crippen molar-refractivity contribution >= 4 is 28.7 Å². The molecule has 0 aliphatic carbocycles. The third kappa shape index (κ3) is 6.20. The summed E-state index contributed by atoms with van der Waals surface area (Å²) in [6.45, 7) is 0.473. The number of benzene rings is 2. The van der Waals surface area contributed by atoms with E-state index >= 15 is 0 Å². The van der Waals surface area contributed by atoms with Crippen LogP contribution in [-0.4, -0.2) is 72.6 Å². The number of carbonyl (C=O) groups excluding carboxylic acids is 2. The maximum absolute atomic E-state index is 12.2. The van der Waals surface area contributed by atoms with Crippen molar-refractivity contribution in [1.29, 1.82) is 0 Å². The van der Waals surface area contributed by atoms with Gasteiger partial charge >= 0.3 is 5.97 Å². The fourth-order valence-corrected chi connectivity index (χ4v) is 4.03. The second-order valence-corrected chi connectivity index (χ2v) is 9.04. The molecule has 0 radical (unpaired) electrons. The third-order valence-corrected chi connectivity index (χ3v) is 6.14. The van der Waals surface area contributed by atoms with Gasteiger partial charge < -0.3 is 24.2 Å². The molecule has 0 saturated carbocycles. The quantitative estimate of drug-likeness (QED) is 0.481. The lowest BCUT2D eigenvalue weighted by molar-refractivity contribution is -0.129. The first kappa shape index (κ1) is 25.8. The van der Waals surface area contributed by atoms with Crippen LogP contribution in [0.25, 0.3) is 10.9 Å². The topological polar surface area (TPSA) is 92.1 Å². The summed E-state index contributed by atoms with van der Waals surface area (Å²) in [5, 5.41) is 10.4. The molecule has 8 heteroatoms. The SMILES string of the molecule is COc1cc(C(=O)O)ccc1Cn1cc(CCC(=O)N(C)C)c2ccc(CCC(=O)N(C)C)cc21. The van der Waals surface area contributed by atoms with Gasteiger partial charge in [0.05, 0.1) is 19.2 Å². The Morgan fingerprint density at radius 2 is 1.54 bits per heavy atom. The first-order valence-electron chi connectivity index (χ1n) is 11.5. The van der Waals surface area contributed by atoms with Crippen LogP contribution in [0.4, 0.5) is 0 Å². The van der Waals surface area contributed by atoms with E-state index in [-0.39, 0.29) is 17.4 Å². The van der Waals surface area contributed by atoms with Crippen LogP contribution in [0.15, 0.2) is 42.6 Å². The summed E-state index contributed by atoms with van der Waals surface area (Å²) in [5.41, 5.74) is 4.12. The van der Waals surface area contributed by atoms with Crippen LogP contribution in [0.1, 0.15) is 39.9 Å². The van der Waals surface area contributed by atoms with Crippen LogP contribution < -0.4 is 4.74 Å². The van der Waals surface area contributed by atoms with E-state index < -0.39 is 5.97 Å². The highest BCUT2D eigenvalue weighted by molar-refractivity contribution is 5.88. The molecule has 1 aromatic heterocycles. The number of methoxy groups -OCH3 is 1. The van der Waals surface area contributed by atoms with Crippen molar-refractivity contribution in [2.45, 2.75) is 32.2 Å². The van der Waals surface area contributed by atoms with Gasteiger partial charge in [0, 0.05) is 63.7 Å². The normalized spacial score (nSPS) is 10.9. The largest absolute Gasteiger partial charge is 0.496 e. The van der Waals surface area contributed by atoms with Gasteiger partial charge in [-0.15, -0.1) is 0 Å². The number of aromatic carboxylic acids is 1. The maximum atomic E-state index is 12.2. The Kier molecular flexibility index (Phi) is 8.17. The monoisotopic (exact) mass is 479 g/mol. The van der Waals surface area contributed by atoms with E-state index in [0.717, 1.165) is 27.6 Å². The highest BCUT2D eigenvalue weighted by atomic mass is 16.5. The number of rotatable bonds is 10. The highest BCUT2D eigenvalue weighted by Gasteiger charge is 2.15. The van der Waals surface area contributed by atoms with E-state index in [0.29, 0.717) is 38.0 Å². The molecule has 3 aromatic rings. The molecule has 2 amide bonds. The Hall–Kier alpha value is -3.81. The second kappa shape index (κ2) is 11.1. The van der Waals surface area contributed by atoms with E-state index in [4.69, 9.17) is 4.74 Å². The molecule has 2 aromatic carbocycles. The number of ether oxygens (including phenoxy) is 1. The van der Waals surface area contributed by atoms with Gasteiger partial charge in [-0.25, -0.2) is 4.79 Å². The van der Waals surface area contributed by atoms with Crippen molar-refractivity contribution < 1.29 is 24.2 Å². The van der Waals surface area contributed by atoms with Gasteiger partial charge in [-0.1, -0.05) is 18.2 Å². The van der Waals surface area contributed by atoms with Gasteiger partial charge in [0.15, 0.2) is 0 Å². The van der Waals surface area contributed by atoms with Gasteiger partial charge in [0.25, 0.3) is 0 Å². The van der Waals surface area contributed by atoms with Gasteiger partial charge in [-0.05, 0) is 42.2 Å². The maximum Gasteiger partial charge on any atom is 0.335 e. The Balaban J connectivity index is 1.99. The zero-order chi connectivity index (χ0) is 25.7. The van der Waals surface area contributed by atoms with Crippen molar-refractivity contribution in [3.8, 4) is 5.75 Å². The number of hydrogen-bond acceptors (Lipinski definition) is 4. The third-order valence-electron chi connectivity index (χ3n) is 6.14. The number of nitrogens with zero attached hydrogens (tertiary/aromatic N) is 3. The minimum Gasteiger partial charge on any atom is -0.496 e. The zero-order valence-electron chi connectivity index (χ0n) is 21.0. The standard InChI is InChI=1S/C27H33N3O5/c1-28(2)25(31)12-7-18-6-11-22-20(10-13-26(32)29(3)4)16-30(23(22)14-18)17-21-9-8-19(27(33)34)15-24(21)35-5/h6,8-9,11,14-16H,7,10,12-13,17H2,1-5H3,(H,33,34). The average molecular weight is 480 g/mol. The average Bonchev–Trinajstić information content (AvgIpc) is 3.17. The Morgan fingerprint density at radius 1 is 0.886 bits per heavy atom. The predicted molar refractivity (Wildman–Crippen MR) is 135 cm³/mol. The van der Waals surface area contributed by atoms with E-state index in [2.05, 4.69) is 16.7 Å². The molecule has 3 rings (SSSR count). The molecule has 0 atom stereocenters. The van der Waals surface area contributed by atoms with Crippen molar-refractivity contribution in [3.63, 3.8) is 0 Å². The van der Waals surface area contributed by atoms with Crippen LogP contribution in [0.3, 0.4) is 0 Å². The minimum absolute atomic E-state index is 0.0654. The fourth-order valence-electron chi connectivity index (χ4n) is 4.03. The van der Waals surface area contributed by atoms with Crippen LogP contribution in [0.5, 0.6) is 5.75 Å². The van der Waals surface area contributed by atoms with Gasteiger partial charge in [0.1, 0.15) is 5.75 Å². The van der Waals surface area contributed by atoms with E-state index in [1.165, 1.54) is 13.2 Å². The second-order valence-electron chi connectivity index (χ2n) is 9.04. The number of aryl methyl sites for hydroxylation is 2. The molecule has 0 fully saturated rings. The number of carboxylic acid groups (broad SMARTS) is 1. The molecule has 0 spiro atoms. The van der Waals surface area contributed by atoms with E-state index in [1.54, 1.807) is 50.1 Å². The lowest BCUT2D eigenvalue weighted by atomic mass is 10.0. The van der Waals surface area contributed by atoms with Crippen LogP contribution >= 0.6 is 0 Å². The van der Waals surface area contributed by atoms with Crippen molar-refractivity contribution in [3.05, 3.63) is 64.8 Å². The van der Waals surface area contributed by atoms with Crippen molar-refractivity contribution in [1.82, 2.24) is 14.4 Å². The molecule has 0 aliphatic heterocycles. The summed E-state index contributed by atoms with van der Waals surface area (Å²) in [6, 6.07) is 11.0. The lowest BCUT2D eigenvalue weighted by Gasteiger charge is -2.12. The number of aromatic nitrogens is 1. The smallest absolute Gasteiger partial charge is 0.335 e. The molecule has 35 heavy (non-hydrogen) atoms. The summed E-state index contributed by atoms with van der Waals surface area (Å²) < 4.78 is 7.57. The molecule has 0 bridgehead atoms. The summed E-state index contributed by atoms with van der Waals surface area (Å²) in [6.07, 6.45) is 4.11. The lowest BCUT2D eigenvalue weighted by Crippen LogP contribution is -2.21. The molecule has 1 N–H and O–H groups in total. The minimum atomic E-state index is -1.01. The molecule has 186 valence electrons. The van der Waals surface area contributed by atoms with Gasteiger partial charge in [0.2, 0.25) is 11.8 Å². The molecule has 1 heterocycles. The molecule has 0 aliphatic rings. The first-order chi connectivity index (χ1) is 16.6. The van der Waals surface area contributed by atoms with Gasteiger partial charge in [-0.2, -0.15) is 0 Å². The predicted octanol–water partition coefficient (Wildman–Crippen LogP) is 3.44. The van der Waals surface area contributed by atoms with Crippen LogP contribution in [0.2, 0.25) is 0 Å². The van der Waals surface area contributed by atoms with Crippen LogP contribution in [-0.2, 0) is 29.0 Å². The highest BCUT2D eigenvalue weighted by Crippen LogP contribution is 2.28. The Labute approximate surface area is 205 Å².